The summed E-state index contributed by atoms with van der Waals surface area (Å²) < 4.78 is 55.6. The molecule has 1 aliphatic heterocycles. The van der Waals surface area contributed by atoms with Gasteiger partial charge in [-0.05, 0) is 30.5 Å². The van der Waals surface area contributed by atoms with Crippen LogP contribution in [0.15, 0.2) is 23.2 Å². The molecule has 0 radical (unpaired) electrons. The average molecular weight is 531 g/mol. The topological polar surface area (TPSA) is 64.1 Å². The van der Waals surface area contributed by atoms with Gasteiger partial charge in [-0.25, -0.2) is 0 Å². The lowest BCUT2D eigenvalue weighted by Crippen LogP contribution is -2.38. The van der Waals surface area contributed by atoms with Gasteiger partial charge in [-0.1, -0.05) is 6.07 Å². The van der Waals surface area contributed by atoms with Gasteiger partial charge >= 0.3 is 6.18 Å². The van der Waals surface area contributed by atoms with Crippen molar-refractivity contribution in [1.29, 1.82) is 0 Å². The molecule has 166 valence electrons. The molecule has 1 saturated heterocycles. The van der Waals surface area contributed by atoms with E-state index < -0.39 is 11.7 Å². The molecule has 0 saturated carbocycles. The van der Waals surface area contributed by atoms with Crippen LogP contribution < -0.4 is 15.4 Å². The quantitative estimate of drug-likeness (QED) is 0.221. The first kappa shape index (κ1) is 25.8. The van der Waals surface area contributed by atoms with E-state index in [-0.39, 0.29) is 41.8 Å². The molecule has 2 N–H and O–H groups in total. The molecule has 1 unspecified atom stereocenters. The second-order valence-electron chi connectivity index (χ2n) is 6.53. The van der Waals surface area contributed by atoms with Gasteiger partial charge in [0.2, 0.25) is 0 Å². The molecule has 6 nitrogen and oxygen atoms in total. The predicted octanol–water partition coefficient (Wildman–Crippen LogP) is 3.44. The fraction of sp³-hybridized carbons (Fsp3) is 0.632. The lowest BCUT2D eigenvalue weighted by atomic mass is 10.1. The first-order valence-electron chi connectivity index (χ1n) is 9.28. The van der Waals surface area contributed by atoms with Gasteiger partial charge < -0.3 is 24.8 Å². The summed E-state index contributed by atoms with van der Waals surface area (Å²) in [5.41, 5.74) is -0.600. The Morgan fingerprint density at radius 2 is 2.10 bits per heavy atom. The van der Waals surface area contributed by atoms with E-state index in [2.05, 4.69) is 15.6 Å². The molecular formula is C19H29F3IN3O3. The maximum Gasteiger partial charge on any atom is 0.416 e. The Labute approximate surface area is 186 Å². The summed E-state index contributed by atoms with van der Waals surface area (Å²) in [4.78, 5) is 4.04. The summed E-state index contributed by atoms with van der Waals surface area (Å²) in [7, 11) is 2.91. The van der Waals surface area contributed by atoms with Crippen LogP contribution in [0.25, 0.3) is 0 Å². The van der Waals surface area contributed by atoms with E-state index in [4.69, 9.17) is 14.2 Å². The molecule has 1 fully saturated rings. The van der Waals surface area contributed by atoms with Crippen molar-refractivity contribution in [1.82, 2.24) is 10.6 Å². The van der Waals surface area contributed by atoms with Crippen molar-refractivity contribution in [2.45, 2.75) is 25.6 Å². The Balaban J connectivity index is 0.00000420. The highest BCUT2D eigenvalue weighted by Crippen LogP contribution is 2.34. The zero-order valence-electron chi connectivity index (χ0n) is 16.7. The molecule has 1 atom stereocenters. The molecule has 10 heteroatoms. The Morgan fingerprint density at radius 3 is 2.72 bits per heavy atom. The zero-order valence-corrected chi connectivity index (χ0v) is 19.0. The number of methoxy groups -OCH3 is 1. The molecule has 0 aromatic heterocycles. The third-order valence-corrected chi connectivity index (χ3v) is 4.43. The van der Waals surface area contributed by atoms with Crippen molar-refractivity contribution in [3.63, 3.8) is 0 Å². The summed E-state index contributed by atoms with van der Waals surface area (Å²) in [5.74, 6) is 1.09. The number of hydrogen-bond acceptors (Lipinski definition) is 4. The van der Waals surface area contributed by atoms with E-state index in [1.807, 2.05) is 0 Å². The second kappa shape index (κ2) is 13.1. The van der Waals surface area contributed by atoms with Gasteiger partial charge in [-0.3, -0.25) is 4.99 Å². The van der Waals surface area contributed by atoms with Crippen molar-refractivity contribution in [3.05, 3.63) is 29.3 Å². The molecule has 1 heterocycles. The average Bonchev–Trinajstić information content (AvgIpc) is 3.19. The number of guanidine groups is 1. The Kier molecular flexibility index (Phi) is 11.7. The summed E-state index contributed by atoms with van der Waals surface area (Å²) in [6.45, 7) is 3.48. The van der Waals surface area contributed by atoms with E-state index in [0.29, 0.717) is 31.6 Å². The van der Waals surface area contributed by atoms with Crippen LogP contribution >= 0.6 is 24.0 Å². The van der Waals surface area contributed by atoms with Crippen molar-refractivity contribution in [2.24, 2.45) is 10.9 Å². The maximum atomic E-state index is 13.3. The van der Waals surface area contributed by atoms with Crippen LogP contribution in [0.3, 0.4) is 0 Å². The van der Waals surface area contributed by atoms with Crippen molar-refractivity contribution >= 4 is 29.9 Å². The van der Waals surface area contributed by atoms with Crippen LogP contribution in [0.4, 0.5) is 13.2 Å². The van der Waals surface area contributed by atoms with Crippen molar-refractivity contribution in [3.8, 4) is 5.75 Å². The maximum absolute atomic E-state index is 13.3. The summed E-state index contributed by atoms with van der Waals surface area (Å²) in [6.07, 6.45) is -2.64. The van der Waals surface area contributed by atoms with E-state index in [9.17, 15) is 13.2 Å². The van der Waals surface area contributed by atoms with Crippen molar-refractivity contribution in [2.75, 3.05) is 47.1 Å². The minimum Gasteiger partial charge on any atom is -0.497 e. The van der Waals surface area contributed by atoms with Gasteiger partial charge in [0.25, 0.3) is 0 Å². The summed E-state index contributed by atoms with van der Waals surface area (Å²) in [6, 6.07) is 3.91. The minimum absolute atomic E-state index is 0. The molecule has 1 aromatic rings. The smallest absolute Gasteiger partial charge is 0.416 e. The minimum atomic E-state index is -4.45. The molecule has 0 amide bonds. The van der Waals surface area contributed by atoms with Gasteiger partial charge in [0.15, 0.2) is 5.96 Å². The molecule has 29 heavy (non-hydrogen) atoms. The van der Waals surface area contributed by atoms with Crippen LogP contribution in [0.1, 0.15) is 24.0 Å². The fourth-order valence-electron chi connectivity index (χ4n) is 2.85. The number of benzene rings is 1. The van der Waals surface area contributed by atoms with Gasteiger partial charge in [0, 0.05) is 39.3 Å². The van der Waals surface area contributed by atoms with Crippen LogP contribution in [0.2, 0.25) is 0 Å². The molecule has 0 bridgehead atoms. The number of aliphatic imine (C=N–C) groups is 1. The predicted molar refractivity (Wildman–Crippen MR) is 116 cm³/mol. The fourth-order valence-corrected chi connectivity index (χ4v) is 2.85. The van der Waals surface area contributed by atoms with E-state index in [0.717, 1.165) is 32.1 Å². The molecular weight excluding hydrogens is 502 g/mol. The van der Waals surface area contributed by atoms with Crippen LogP contribution in [-0.2, 0) is 22.2 Å². The number of rotatable bonds is 9. The first-order valence-corrected chi connectivity index (χ1v) is 9.28. The molecule has 2 rings (SSSR count). The van der Waals surface area contributed by atoms with Gasteiger partial charge in [0.1, 0.15) is 5.75 Å². The van der Waals surface area contributed by atoms with Crippen molar-refractivity contribution < 1.29 is 27.4 Å². The standard InChI is InChI=1S/C19H28F3N3O3.HI/c1-23-18(24-7-3-8-27-12-14-6-9-28-13-14)25-11-15-4-5-16(26-2)10-17(15)19(20,21)22;/h4-5,10,14H,3,6-9,11-13H2,1-2H3,(H2,23,24,25);1H. The number of nitrogens with one attached hydrogen (secondary N) is 2. The zero-order chi connectivity index (χ0) is 20.4. The van der Waals surface area contributed by atoms with E-state index in [1.54, 1.807) is 7.05 Å². The Hall–Kier alpha value is -1.27. The highest BCUT2D eigenvalue weighted by Gasteiger charge is 2.33. The van der Waals surface area contributed by atoms with Gasteiger partial charge in [-0.15, -0.1) is 24.0 Å². The highest BCUT2D eigenvalue weighted by molar-refractivity contribution is 14.0. The molecule has 1 aromatic carbocycles. The summed E-state index contributed by atoms with van der Waals surface area (Å²) in [5, 5.41) is 5.99. The van der Waals surface area contributed by atoms with Gasteiger partial charge in [0.05, 0.1) is 25.9 Å². The van der Waals surface area contributed by atoms with Crippen LogP contribution in [0, 0.1) is 5.92 Å². The normalized spacial score (nSPS) is 17.0. The largest absolute Gasteiger partial charge is 0.497 e. The number of ether oxygens (including phenoxy) is 3. The van der Waals surface area contributed by atoms with Crippen LogP contribution in [-0.4, -0.2) is 53.1 Å². The monoisotopic (exact) mass is 531 g/mol. The van der Waals surface area contributed by atoms with Crippen LogP contribution in [0.5, 0.6) is 5.75 Å². The van der Waals surface area contributed by atoms with E-state index >= 15 is 0 Å². The Morgan fingerprint density at radius 1 is 1.31 bits per heavy atom. The lowest BCUT2D eigenvalue weighted by Gasteiger charge is -2.17. The van der Waals surface area contributed by atoms with E-state index in [1.165, 1.54) is 19.2 Å². The first-order chi connectivity index (χ1) is 13.4. The number of halogens is 4. The highest BCUT2D eigenvalue weighted by atomic mass is 127. The molecule has 1 aliphatic rings. The number of alkyl halides is 3. The number of nitrogens with zero attached hydrogens (tertiary/aromatic N) is 1. The molecule has 0 spiro atoms. The second-order valence-corrected chi connectivity index (χ2v) is 6.53. The Bertz CT molecular complexity index is 639. The summed E-state index contributed by atoms with van der Waals surface area (Å²) >= 11 is 0. The third kappa shape index (κ3) is 8.95. The molecule has 0 aliphatic carbocycles. The van der Waals surface area contributed by atoms with Gasteiger partial charge in [-0.2, -0.15) is 13.2 Å². The third-order valence-electron chi connectivity index (χ3n) is 4.43. The number of hydrogen-bond donors (Lipinski definition) is 2. The SMILES string of the molecule is CN=C(NCCCOCC1CCOC1)NCc1ccc(OC)cc1C(F)(F)F.I. The lowest BCUT2D eigenvalue weighted by molar-refractivity contribution is -0.138.